The zero-order valence-corrected chi connectivity index (χ0v) is 11.7. The molecule has 0 spiro atoms. The van der Waals surface area contributed by atoms with Crippen LogP contribution in [0.1, 0.15) is 28.8 Å². The molecule has 1 atom stereocenters. The van der Waals surface area contributed by atoms with E-state index in [1.807, 2.05) is 0 Å². The summed E-state index contributed by atoms with van der Waals surface area (Å²) in [5.74, 6) is -1.21. The zero-order chi connectivity index (χ0) is 16.3. The third-order valence-electron chi connectivity index (χ3n) is 3.25. The Morgan fingerprint density at radius 2 is 1.45 bits per heavy atom. The van der Waals surface area contributed by atoms with Crippen molar-refractivity contribution in [3.8, 4) is 11.5 Å². The lowest BCUT2D eigenvalue weighted by atomic mass is 10.0. The lowest BCUT2D eigenvalue weighted by Gasteiger charge is -2.16. The Bertz CT molecular complexity index is 649. The third kappa shape index (κ3) is 3.78. The van der Waals surface area contributed by atoms with E-state index in [0.29, 0.717) is 17.1 Å². The van der Waals surface area contributed by atoms with Crippen molar-refractivity contribution in [1.29, 1.82) is 0 Å². The summed E-state index contributed by atoms with van der Waals surface area (Å²) in [4.78, 5) is 10.9. The number of alkyl halides is 3. The highest BCUT2D eigenvalue weighted by atomic mass is 19.4. The quantitative estimate of drug-likeness (QED) is 0.918. The van der Waals surface area contributed by atoms with Crippen LogP contribution in [0.15, 0.2) is 48.5 Å². The standard InChI is InChI=1S/C16H14F3NO2/c1-10(16(17,18)19)11-2-6-13(7-3-11)22-14-8-4-12(5-9-14)15(20)21/h2-10H,1H3,(H2,20,21). The van der Waals surface area contributed by atoms with Gasteiger partial charge in [-0.05, 0) is 48.9 Å². The number of nitrogens with two attached hydrogens (primary N) is 1. The average Bonchev–Trinajstić information content (AvgIpc) is 2.47. The van der Waals surface area contributed by atoms with E-state index < -0.39 is 18.0 Å². The summed E-state index contributed by atoms with van der Waals surface area (Å²) >= 11 is 0. The molecule has 0 aromatic heterocycles. The van der Waals surface area contributed by atoms with Crippen LogP contribution in [0.2, 0.25) is 0 Å². The van der Waals surface area contributed by atoms with E-state index in [0.717, 1.165) is 6.92 Å². The van der Waals surface area contributed by atoms with Gasteiger partial charge in [0.2, 0.25) is 5.91 Å². The monoisotopic (exact) mass is 309 g/mol. The van der Waals surface area contributed by atoms with Crippen molar-refractivity contribution in [2.75, 3.05) is 0 Å². The molecular formula is C16H14F3NO2. The number of hydrogen-bond acceptors (Lipinski definition) is 2. The molecule has 0 saturated heterocycles. The molecule has 2 rings (SSSR count). The lowest BCUT2D eigenvalue weighted by molar-refractivity contribution is -0.146. The number of halogens is 3. The molecule has 116 valence electrons. The number of primary amides is 1. The molecule has 0 saturated carbocycles. The van der Waals surface area contributed by atoms with Gasteiger partial charge < -0.3 is 10.5 Å². The van der Waals surface area contributed by atoms with Gasteiger partial charge in [-0.2, -0.15) is 13.2 Å². The van der Waals surface area contributed by atoms with E-state index in [4.69, 9.17) is 10.5 Å². The number of carbonyl (C=O) groups excluding carboxylic acids is 1. The fourth-order valence-corrected chi connectivity index (χ4v) is 1.84. The highest BCUT2D eigenvalue weighted by Gasteiger charge is 2.36. The van der Waals surface area contributed by atoms with Crippen LogP contribution >= 0.6 is 0 Å². The van der Waals surface area contributed by atoms with E-state index in [1.54, 1.807) is 12.1 Å². The maximum Gasteiger partial charge on any atom is 0.395 e. The number of carbonyl (C=O) groups is 1. The summed E-state index contributed by atoms with van der Waals surface area (Å²) in [5, 5.41) is 0. The summed E-state index contributed by atoms with van der Waals surface area (Å²) in [6, 6.07) is 11.9. The van der Waals surface area contributed by atoms with Crippen molar-refractivity contribution in [2.45, 2.75) is 19.0 Å². The Hall–Kier alpha value is -2.50. The first kappa shape index (κ1) is 15.9. The van der Waals surface area contributed by atoms with Crippen LogP contribution in [0.4, 0.5) is 13.2 Å². The predicted molar refractivity (Wildman–Crippen MR) is 75.9 cm³/mol. The van der Waals surface area contributed by atoms with Crippen molar-refractivity contribution in [3.05, 3.63) is 59.7 Å². The molecule has 6 heteroatoms. The predicted octanol–water partition coefficient (Wildman–Crippen LogP) is 4.24. The number of ether oxygens (including phenoxy) is 1. The van der Waals surface area contributed by atoms with Gasteiger partial charge in [0, 0.05) is 5.56 Å². The Labute approximate surface area is 125 Å². The summed E-state index contributed by atoms with van der Waals surface area (Å²) in [7, 11) is 0. The fourth-order valence-electron chi connectivity index (χ4n) is 1.84. The number of rotatable bonds is 4. The second kappa shape index (κ2) is 6.09. The maximum absolute atomic E-state index is 12.6. The number of benzene rings is 2. The highest BCUT2D eigenvalue weighted by Crippen LogP contribution is 2.35. The van der Waals surface area contributed by atoms with E-state index in [-0.39, 0.29) is 5.56 Å². The van der Waals surface area contributed by atoms with Gasteiger partial charge in [-0.25, -0.2) is 0 Å². The first-order chi connectivity index (χ1) is 10.3. The number of amides is 1. The molecule has 2 N–H and O–H groups in total. The summed E-state index contributed by atoms with van der Waals surface area (Å²) in [6.45, 7) is 1.11. The van der Waals surface area contributed by atoms with Crippen LogP contribution in [0.5, 0.6) is 11.5 Å². The molecule has 0 bridgehead atoms. The van der Waals surface area contributed by atoms with Crippen LogP contribution in [0, 0.1) is 0 Å². The first-order valence-electron chi connectivity index (χ1n) is 6.52. The molecule has 0 aliphatic rings. The van der Waals surface area contributed by atoms with Crippen LogP contribution in [-0.4, -0.2) is 12.1 Å². The average molecular weight is 309 g/mol. The summed E-state index contributed by atoms with van der Waals surface area (Å²) in [6.07, 6.45) is -4.27. The van der Waals surface area contributed by atoms with E-state index in [2.05, 4.69) is 0 Å². The van der Waals surface area contributed by atoms with Crippen molar-refractivity contribution >= 4 is 5.91 Å². The summed E-state index contributed by atoms with van der Waals surface area (Å²) < 4.78 is 43.3. The second-order valence-electron chi connectivity index (χ2n) is 4.82. The van der Waals surface area contributed by atoms with Gasteiger partial charge in [0.15, 0.2) is 0 Å². The van der Waals surface area contributed by atoms with Crippen molar-refractivity contribution in [3.63, 3.8) is 0 Å². The molecule has 1 unspecified atom stereocenters. The van der Waals surface area contributed by atoms with Crippen molar-refractivity contribution < 1.29 is 22.7 Å². The van der Waals surface area contributed by atoms with Crippen LogP contribution in [0.25, 0.3) is 0 Å². The van der Waals surface area contributed by atoms with E-state index in [1.165, 1.54) is 36.4 Å². The van der Waals surface area contributed by atoms with Gasteiger partial charge in [0.05, 0.1) is 5.92 Å². The minimum absolute atomic E-state index is 0.170. The minimum atomic E-state index is -4.27. The second-order valence-corrected chi connectivity index (χ2v) is 4.82. The molecule has 1 amide bonds. The van der Waals surface area contributed by atoms with Crippen molar-refractivity contribution in [2.24, 2.45) is 5.73 Å². The largest absolute Gasteiger partial charge is 0.457 e. The van der Waals surface area contributed by atoms with Gasteiger partial charge >= 0.3 is 6.18 Å². The molecule has 0 aliphatic carbocycles. The first-order valence-corrected chi connectivity index (χ1v) is 6.52. The third-order valence-corrected chi connectivity index (χ3v) is 3.25. The molecule has 0 radical (unpaired) electrons. The molecule has 2 aromatic carbocycles. The number of hydrogen-bond donors (Lipinski definition) is 1. The SMILES string of the molecule is CC(c1ccc(Oc2ccc(C(N)=O)cc2)cc1)C(F)(F)F. The van der Waals surface area contributed by atoms with Crippen LogP contribution in [-0.2, 0) is 0 Å². The Kier molecular flexibility index (Phi) is 4.40. The smallest absolute Gasteiger partial charge is 0.395 e. The Balaban J connectivity index is 2.09. The normalized spacial score (nSPS) is 12.7. The maximum atomic E-state index is 12.6. The molecule has 0 aliphatic heterocycles. The van der Waals surface area contributed by atoms with Gasteiger partial charge in [-0.15, -0.1) is 0 Å². The van der Waals surface area contributed by atoms with E-state index in [9.17, 15) is 18.0 Å². The van der Waals surface area contributed by atoms with Crippen LogP contribution in [0.3, 0.4) is 0 Å². The molecule has 22 heavy (non-hydrogen) atoms. The topological polar surface area (TPSA) is 52.3 Å². The zero-order valence-electron chi connectivity index (χ0n) is 11.7. The fraction of sp³-hybridized carbons (Fsp3) is 0.188. The van der Waals surface area contributed by atoms with Gasteiger partial charge in [0.25, 0.3) is 0 Å². The molecular weight excluding hydrogens is 295 g/mol. The Morgan fingerprint density at radius 1 is 1.00 bits per heavy atom. The molecule has 3 nitrogen and oxygen atoms in total. The van der Waals surface area contributed by atoms with Gasteiger partial charge in [-0.3, -0.25) is 4.79 Å². The highest BCUT2D eigenvalue weighted by molar-refractivity contribution is 5.92. The van der Waals surface area contributed by atoms with Crippen LogP contribution < -0.4 is 10.5 Å². The van der Waals surface area contributed by atoms with Crippen molar-refractivity contribution in [1.82, 2.24) is 0 Å². The lowest BCUT2D eigenvalue weighted by Crippen LogP contribution is -2.17. The minimum Gasteiger partial charge on any atom is -0.457 e. The molecule has 2 aromatic rings. The van der Waals surface area contributed by atoms with E-state index >= 15 is 0 Å². The molecule has 0 heterocycles. The molecule has 0 fully saturated rings. The summed E-state index contributed by atoms with van der Waals surface area (Å²) in [5.41, 5.74) is 5.64. The van der Waals surface area contributed by atoms with Gasteiger partial charge in [-0.1, -0.05) is 12.1 Å². The van der Waals surface area contributed by atoms with Gasteiger partial charge in [0.1, 0.15) is 11.5 Å². The Morgan fingerprint density at radius 3 is 1.86 bits per heavy atom.